The lowest BCUT2D eigenvalue weighted by molar-refractivity contribution is 0.283. The summed E-state index contributed by atoms with van der Waals surface area (Å²) in [4.78, 5) is 3.87. The van der Waals surface area contributed by atoms with Crippen LogP contribution in [0.2, 0.25) is 0 Å². The lowest BCUT2D eigenvalue weighted by Crippen LogP contribution is -2.15. The van der Waals surface area contributed by atoms with Crippen molar-refractivity contribution in [1.82, 2.24) is 15.5 Å². The molecule has 2 N–H and O–H groups in total. The fraction of sp³-hybridized carbons (Fsp3) is 0.750. The summed E-state index contributed by atoms with van der Waals surface area (Å²) >= 11 is 0. The summed E-state index contributed by atoms with van der Waals surface area (Å²) in [6, 6.07) is 0. The molecule has 0 radical (unpaired) electrons. The number of aromatic nitrogens is 2. The minimum Gasteiger partial charge on any atom is -0.396 e. The molecule has 74 valence electrons. The van der Waals surface area contributed by atoms with Crippen molar-refractivity contribution in [3.63, 3.8) is 0 Å². The van der Waals surface area contributed by atoms with Crippen LogP contribution in [-0.4, -0.2) is 28.4 Å². The second-order valence-electron chi connectivity index (χ2n) is 2.81. The SMILES string of the molecule is OCCCCCNCc1ncon1. The van der Waals surface area contributed by atoms with Gasteiger partial charge in [-0.1, -0.05) is 5.16 Å². The van der Waals surface area contributed by atoms with Crippen molar-refractivity contribution in [2.24, 2.45) is 0 Å². The van der Waals surface area contributed by atoms with Gasteiger partial charge in [-0.05, 0) is 25.8 Å². The first-order valence-electron chi connectivity index (χ1n) is 4.50. The first-order chi connectivity index (χ1) is 6.43. The average Bonchev–Trinajstić information content (AvgIpc) is 2.63. The molecule has 1 rings (SSSR count). The molecular formula is C8H15N3O2. The lowest BCUT2D eigenvalue weighted by Gasteiger charge is -2.00. The summed E-state index contributed by atoms with van der Waals surface area (Å²) in [5.74, 6) is 0.683. The highest BCUT2D eigenvalue weighted by atomic mass is 16.5. The first kappa shape index (κ1) is 10.1. The third-order valence-electron chi connectivity index (χ3n) is 1.70. The van der Waals surface area contributed by atoms with Crippen LogP contribution in [0.4, 0.5) is 0 Å². The van der Waals surface area contributed by atoms with E-state index in [1.165, 1.54) is 6.39 Å². The summed E-state index contributed by atoms with van der Waals surface area (Å²) in [6.45, 7) is 1.86. The van der Waals surface area contributed by atoms with E-state index in [1.54, 1.807) is 0 Å². The Hall–Kier alpha value is -0.940. The number of hydrogen-bond donors (Lipinski definition) is 2. The number of nitrogens with one attached hydrogen (secondary N) is 1. The van der Waals surface area contributed by atoms with Crippen LogP contribution < -0.4 is 5.32 Å². The maximum absolute atomic E-state index is 8.52. The second kappa shape index (κ2) is 6.56. The maximum atomic E-state index is 8.52. The molecule has 0 aliphatic heterocycles. The number of hydrogen-bond acceptors (Lipinski definition) is 5. The van der Waals surface area contributed by atoms with Gasteiger partial charge in [0.1, 0.15) is 0 Å². The summed E-state index contributed by atoms with van der Waals surface area (Å²) in [5.41, 5.74) is 0. The fourth-order valence-electron chi connectivity index (χ4n) is 1.01. The predicted octanol–water partition coefficient (Wildman–Crippen LogP) is 0.322. The van der Waals surface area contributed by atoms with Gasteiger partial charge >= 0.3 is 0 Å². The second-order valence-corrected chi connectivity index (χ2v) is 2.81. The van der Waals surface area contributed by atoms with Crippen LogP contribution in [0, 0.1) is 0 Å². The standard InChI is InChI=1S/C8H15N3O2/c12-5-3-1-2-4-9-6-8-10-7-13-11-8/h7,9,12H,1-6H2. The van der Waals surface area contributed by atoms with Crippen LogP contribution in [0.3, 0.4) is 0 Å². The number of aliphatic hydroxyl groups is 1. The zero-order valence-corrected chi connectivity index (χ0v) is 7.57. The molecule has 0 fully saturated rings. The molecule has 0 atom stereocenters. The Kier molecular flexibility index (Phi) is 5.12. The molecule has 1 heterocycles. The Balaban J connectivity index is 1.90. The normalized spacial score (nSPS) is 10.5. The van der Waals surface area contributed by atoms with Crippen LogP contribution >= 0.6 is 0 Å². The summed E-state index contributed by atoms with van der Waals surface area (Å²) in [6.07, 6.45) is 4.32. The molecule has 5 heteroatoms. The van der Waals surface area contributed by atoms with Gasteiger partial charge in [0.15, 0.2) is 5.82 Å². The van der Waals surface area contributed by atoms with E-state index in [0.29, 0.717) is 12.4 Å². The van der Waals surface area contributed by atoms with Gasteiger partial charge in [-0.3, -0.25) is 0 Å². The van der Waals surface area contributed by atoms with Gasteiger partial charge in [0.05, 0.1) is 6.54 Å². The molecule has 0 aliphatic rings. The smallest absolute Gasteiger partial charge is 0.213 e. The monoisotopic (exact) mass is 185 g/mol. The van der Waals surface area contributed by atoms with Crippen LogP contribution in [0.15, 0.2) is 10.9 Å². The third-order valence-corrected chi connectivity index (χ3v) is 1.70. The van der Waals surface area contributed by atoms with E-state index < -0.39 is 0 Å². The van der Waals surface area contributed by atoms with Crippen molar-refractivity contribution in [3.8, 4) is 0 Å². The van der Waals surface area contributed by atoms with Crippen molar-refractivity contribution in [2.75, 3.05) is 13.2 Å². The highest BCUT2D eigenvalue weighted by Gasteiger charge is 1.95. The summed E-state index contributed by atoms with van der Waals surface area (Å²) in [7, 11) is 0. The average molecular weight is 185 g/mol. The zero-order chi connectivity index (χ0) is 9.36. The zero-order valence-electron chi connectivity index (χ0n) is 7.57. The molecule has 0 spiro atoms. The molecule has 1 aromatic heterocycles. The molecule has 0 bridgehead atoms. The first-order valence-corrected chi connectivity index (χ1v) is 4.50. The van der Waals surface area contributed by atoms with Gasteiger partial charge in [-0.2, -0.15) is 4.98 Å². The molecule has 0 saturated heterocycles. The van der Waals surface area contributed by atoms with Crippen LogP contribution in [0.25, 0.3) is 0 Å². The minimum atomic E-state index is 0.283. The molecule has 13 heavy (non-hydrogen) atoms. The fourth-order valence-corrected chi connectivity index (χ4v) is 1.01. The number of aliphatic hydroxyl groups excluding tert-OH is 1. The molecule has 0 amide bonds. The van der Waals surface area contributed by atoms with Crippen molar-refractivity contribution < 1.29 is 9.63 Å². The van der Waals surface area contributed by atoms with Gasteiger partial charge in [0.2, 0.25) is 6.39 Å². The Morgan fingerprint density at radius 2 is 2.31 bits per heavy atom. The van der Waals surface area contributed by atoms with Gasteiger partial charge in [0.25, 0.3) is 0 Å². The predicted molar refractivity (Wildman–Crippen MR) is 46.9 cm³/mol. The van der Waals surface area contributed by atoms with Crippen LogP contribution in [0.5, 0.6) is 0 Å². The molecular weight excluding hydrogens is 170 g/mol. The molecule has 0 aromatic carbocycles. The van der Waals surface area contributed by atoms with E-state index in [-0.39, 0.29) is 6.61 Å². The van der Waals surface area contributed by atoms with Gasteiger partial charge in [0, 0.05) is 6.61 Å². The molecule has 0 unspecified atom stereocenters. The van der Waals surface area contributed by atoms with E-state index in [2.05, 4.69) is 20.0 Å². The largest absolute Gasteiger partial charge is 0.396 e. The van der Waals surface area contributed by atoms with E-state index in [1.807, 2.05) is 0 Å². The Labute approximate surface area is 77.2 Å². The summed E-state index contributed by atoms with van der Waals surface area (Å²) in [5, 5.41) is 15.4. The molecule has 1 aromatic rings. The molecule has 0 aliphatic carbocycles. The summed E-state index contributed by atoms with van der Waals surface area (Å²) < 4.78 is 4.58. The Bertz CT molecular complexity index is 201. The molecule has 5 nitrogen and oxygen atoms in total. The minimum absolute atomic E-state index is 0.283. The third kappa shape index (κ3) is 4.59. The van der Waals surface area contributed by atoms with Crippen molar-refractivity contribution in [3.05, 3.63) is 12.2 Å². The topological polar surface area (TPSA) is 71.2 Å². The van der Waals surface area contributed by atoms with E-state index in [9.17, 15) is 0 Å². The van der Waals surface area contributed by atoms with Gasteiger partial charge < -0.3 is 14.9 Å². The highest BCUT2D eigenvalue weighted by Crippen LogP contribution is 1.93. The number of rotatable bonds is 7. The quantitative estimate of drug-likeness (QED) is 0.599. The van der Waals surface area contributed by atoms with Crippen molar-refractivity contribution in [1.29, 1.82) is 0 Å². The van der Waals surface area contributed by atoms with Gasteiger partial charge in [-0.15, -0.1) is 0 Å². The maximum Gasteiger partial charge on any atom is 0.213 e. The van der Waals surface area contributed by atoms with Crippen LogP contribution in [-0.2, 0) is 6.54 Å². The number of unbranched alkanes of at least 4 members (excludes halogenated alkanes) is 2. The molecule has 0 saturated carbocycles. The Morgan fingerprint density at radius 3 is 3.00 bits per heavy atom. The van der Waals surface area contributed by atoms with Crippen molar-refractivity contribution in [2.45, 2.75) is 25.8 Å². The van der Waals surface area contributed by atoms with Crippen LogP contribution in [0.1, 0.15) is 25.1 Å². The lowest BCUT2D eigenvalue weighted by atomic mass is 10.2. The van der Waals surface area contributed by atoms with E-state index in [0.717, 1.165) is 25.8 Å². The van der Waals surface area contributed by atoms with Crippen molar-refractivity contribution >= 4 is 0 Å². The Morgan fingerprint density at radius 1 is 1.38 bits per heavy atom. The van der Waals surface area contributed by atoms with Gasteiger partial charge in [-0.25, -0.2) is 0 Å². The van der Waals surface area contributed by atoms with E-state index >= 15 is 0 Å². The number of nitrogens with zero attached hydrogens (tertiary/aromatic N) is 2. The van der Waals surface area contributed by atoms with E-state index in [4.69, 9.17) is 5.11 Å². The highest BCUT2D eigenvalue weighted by molar-refractivity contribution is 4.75.